The normalized spacial score (nSPS) is 11.8. The molecule has 0 atom stereocenters. The van der Waals surface area contributed by atoms with Crippen molar-refractivity contribution in [2.75, 3.05) is 0 Å². The molecular weight excluding hydrogens is 196 g/mol. The number of allylic oxidation sites excluding steroid dienone is 4. The number of hydrogen-bond acceptors (Lipinski definition) is 1. The predicted octanol–water partition coefficient (Wildman–Crippen LogP) is 4.36. The van der Waals surface area contributed by atoms with Gasteiger partial charge in [-0.1, -0.05) is 45.9 Å². The van der Waals surface area contributed by atoms with Gasteiger partial charge in [-0.3, -0.25) is 5.10 Å². The van der Waals surface area contributed by atoms with Gasteiger partial charge in [-0.05, 0) is 30.9 Å². The van der Waals surface area contributed by atoms with Crippen molar-refractivity contribution in [3.05, 3.63) is 35.7 Å². The quantitative estimate of drug-likeness (QED) is 0.753. The van der Waals surface area contributed by atoms with Crippen molar-refractivity contribution >= 4 is 5.57 Å². The van der Waals surface area contributed by atoms with Gasteiger partial charge in [0.25, 0.3) is 0 Å². The molecule has 16 heavy (non-hydrogen) atoms. The van der Waals surface area contributed by atoms with E-state index in [1.165, 1.54) is 11.1 Å². The van der Waals surface area contributed by atoms with Crippen molar-refractivity contribution < 1.29 is 0 Å². The van der Waals surface area contributed by atoms with E-state index in [1.54, 1.807) is 0 Å². The standard InChI is InChI=1S/C12H18N2.C2H6/c1-5-6-7-11(9(2)3)12-10(4)8-13-14-12;1-2/h5-9H,1-4H3,(H,13,14);1-2H3/b6-5-,11-7-;. The van der Waals surface area contributed by atoms with E-state index < -0.39 is 0 Å². The number of aromatic nitrogens is 2. The molecular formula is C14H24N2. The zero-order valence-corrected chi connectivity index (χ0v) is 11.3. The maximum atomic E-state index is 4.04. The highest BCUT2D eigenvalue weighted by Gasteiger charge is 2.09. The minimum Gasteiger partial charge on any atom is -0.278 e. The van der Waals surface area contributed by atoms with Gasteiger partial charge in [0, 0.05) is 0 Å². The minimum absolute atomic E-state index is 0.505. The predicted molar refractivity (Wildman–Crippen MR) is 72.3 cm³/mol. The highest BCUT2D eigenvalue weighted by Crippen LogP contribution is 2.23. The average Bonchev–Trinajstić information content (AvgIpc) is 2.68. The van der Waals surface area contributed by atoms with Crippen molar-refractivity contribution in [2.24, 2.45) is 5.92 Å². The number of aromatic amines is 1. The van der Waals surface area contributed by atoms with Crippen LogP contribution in [-0.4, -0.2) is 10.2 Å². The van der Waals surface area contributed by atoms with Crippen LogP contribution in [0, 0.1) is 12.8 Å². The molecule has 0 fully saturated rings. The van der Waals surface area contributed by atoms with Crippen LogP contribution in [0.2, 0.25) is 0 Å². The van der Waals surface area contributed by atoms with Crippen LogP contribution in [-0.2, 0) is 0 Å². The van der Waals surface area contributed by atoms with Crippen LogP contribution in [0.1, 0.15) is 45.9 Å². The fourth-order valence-corrected chi connectivity index (χ4v) is 1.40. The molecule has 0 amide bonds. The lowest BCUT2D eigenvalue weighted by Gasteiger charge is -2.09. The Morgan fingerprint density at radius 2 is 2.00 bits per heavy atom. The van der Waals surface area contributed by atoms with Crippen LogP contribution < -0.4 is 0 Å². The number of aryl methyl sites for hydroxylation is 1. The van der Waals surface area contributed by atoms with Gasteiger partial charge >= 0.3 is 0 Å². The highest BCUT2D eigenvalue weighted by molar-refractivity contribution is 5.67. The summed E-state index contributed by atoms with van der Waals surface area (Å²) in [5.41, 5.74) is 3.66. The van der Waals surface area contributed by atoms with Crippen LogP contribution in [0.5, 0.6) is 0 Å². The van der Waals surface area contributed by atoms with Gasteiger partial charge in [0.2, 0.25) is 0 Å². The Morgan fingerprint density at radius 1 is 1.38 bits per heavy atom. The molecule has 0 aromatic carbocycles. The summed E-state index contributed by atoms with van der Waals surface area (Å²) >= 11 is 0. The van der Waals surface area contributed by atoms with Gasteiger partial charge in [0.1, 0.15) is 0 Å². The molecule has 0 spiro atoms. The zero-order chi connectivity index (χ0) is 12.6. The second-order valence-electron chi connectivity index (χ2n) is 3.73. The molecule has 1 aromatic heterocycles. The number of nitrogens with zero attached hydrogens (tertiary/aromatic N) is 1. The first kappa shape index (κ1) is 14.7. The van der Waals surface area contributed by atoms with Gasteiger partial charge < -0.3 is 0 Å². The van der Waals surface area contributed by atoms with Gasteiger partial charge in [-0.15, -0.1) is 0 Å². The summed E-state index contributed by atoms with van der Waals surface area (Å²) in [6, 6.07) is 0. The monoisotopic (exact) mass is 220 g/mol. The molecule has 1 heterocycles. The Hall–Kier alpha value is -1.31. The highest BCUT2D eigenvalue weighted by atomic mass is 15.1. The first-order valence-corrected chi connectivity index (χ1v) is 6.00. The molecule has 1 rings (SSSR count). The van der Waals surface area contributed by atoms with Crippen LogP contribution >= 0.6 is 0 Å². The Morgan fingerprint density at radius 3 is 2.38 bits per heavy atom. The smallest absolute Gasteiger partial charge is 0.0641 e. The van der Waals surface area contributed by atoms with Gasteiger partial charge in [0.05, 0.1) is 11.9 Å². The number of rotatable bonds is 3. The fourth-order valence-electron chi connectivity index (χ4n) is 1.40. The Bertz CT molecular complexity index is 343. The number of H-pyrrole nitrogens is 1. The second kappa shape index (κ2) is 7.91. The Balaban J connectivity index is 0.00000106. The van der Waals surface area contributed by atoms with Crippen molar-refractivity contribution in [1.82, 2.24) is 10.2 Å². The minimum atomic E-state index is 0.505. The topological polar surface area (TPSA) is 28.7 Å². The first-order valence-electron chi connectivity index (χ1n) is 6.00. The van der Waals surface area contributed by atoms with Crippen LogP contribution in [0.25, 0.3) is 5.57 Å². The van der Waals surface area contributed by atoms with Gasteiger partial charge in [-0.2, -0.15) is 5.10 Å². The molecule has 0 saturated heterocycles. The molecule has 0 aliphatic carbocycles. The summed E-state index contributed by atoms with van der Waals surface area (Å²) in [5.74, 6) is 0.505. The summed E-state index contributed by atoms with van der Waals surface area (Å²) in [5, 5.41) is 7.09. The molecule has 2 heteroatoms. The van der Waals surface area contributed by atoms with E-state index in [0.717, 1.165) is 5.69 Å². The zero-order valence-electron chi connectivity index (χ0n) is 11.3. The largest absolute Gasteiger partial charge is 0.278 e. The van der Waals surface area contributed by atoms with Gasteiger partial charge in [0.15, 0.2) is 0 Å². The van der Waals surface area contributed by atoms with Crippen LogP contribution in [0.3, 0.4) is 0 Å². The summed E-state index contributed by atoms with van der Waals surface area (Å²) in [6.07, 6.45) is 8.11. The molecule has 0 radical (unpaired) electrons. The van der Waals surface area contributed by atoms with E-state index in [4.69, 9.17) is 0 Å². The van der Waals surface area contributed by atoms with Crippen molar-refractivity contribution in [2.45, 2.75) is 41.5 Å². The Kier molecular flexibility index (Phi) is 7.27. The van der Waals surface area contributed by atoms with E-state index in [0.29, 0.717) is 5.92 Å². The third-order valence-electron chi connectivity index (χ3n) is 2.21. The molecule has 1 aromatic rings. The number of nitrogens with one attached hydrogen (secondary N) is 1. The first-order chi connectivity index (χ1) is 7.66. The molecule has 0 aliphatic heterocycles. The van der Waals surface area contributed by atoms with E-state index in [-0.39, 0.29) is 0 Å². The lowest BCUT2D eigenvalue weighted by molar-refractivity contribution is 0.844. The third-order valence-corrected chi connectivity index (χ3v) is 2.21. The molecule has 1 N–H and O–H groups in total. The molecule has 2 nitrogen and oxygen atoms in total. The molecule has 0 aliphatic rings. The van der Waals surface area contributed by atoms with Gasteiger partial charge in [-0.25, -0.2) is 0 Å². The third kappa shape index (κ3) is 4.05. The van der Waals surface area contributed by atoms with Crippen LogP contribution in [0.4, 0.5) is 0 Å². The summed E-state index contributed by atoms with van der Waals surface area (Å²) < 4.78 is 0. The van der Waals surface area contributed by atoms with Crippen LogP contribution in [0.15, 0.2) is 24.4 Å². The van der Waals surface area contributed by atoms with Crippen molar-refractivity contribution in [3.8, 4) is 0 Å². The summed E-state index contributed by atoms with van der Waals surface area (Å²) in [6.45, 7) is 12.5. The SMILES string of the molecule is C/C=C\C=C(/c1[nH]ncc1C)C(C)C.CC. The fraction of sp³-hybridized carbons (Fsp3) is 0.500. The summed E-state index contributed by atoms with van der Waals surface area (Å²) in [4.78, 5) is 0. The summed E-state index contributed by atoms with van der Waals surface area (Å²) in [7, 11) is 0. The average molecular weight is 220 g/mol. The lowest BCUT2D eigenvalue weighted by atomic mass is 9.97. The van der Waals surface area contributed by atoms with E-state index in [1.807, 2.05) is 33.0 Å². The molecule has 90 valence electrons. The molecule has 0 bridgehead atoms. The Labute approximate surface area is 99.5 Å². The maximum absolute atomic E-state index is 4.04. The van der Waals surface area contributed by atoms with E-state index in [2.05, 4.69) is 43.1 Å². The van der Waals surface area contributed by atoms with Crippen molar-refractivity contribution in [1.29, 1.82) is 0 Å². The lowest BCUT2D eigenvalue weighted by Crippen LogP contribution is -1.95. The molecule has 0 saturated carbocycles. The maximum Gasteiger partial charge on any atom is 0.0641 e. The second-order valence-corrected chi connectivity index (χ2v) is 3.73. The molecule has 0 unspecified atom stereocenters. The van der Waals surface area contributed by atoms with E-state index in [9.17, 15) is 0 Å². The van der Waals surface area contributed by atoms with Crippen molar-refractivity contribution in [3.63, 3.8) is 0 Å². The van der Waals surface area contributed by atoms with E-state index >= 15 is 0 Å². The number of hydrogen-bond donors (Lipinski definition) is 1.